The Balaban J connectivity index is 1.81. The number of esters is 1. The van der Waals surface area contributed by atoms with E-state index in [-0.39, 0.29) is 18.5 Å². The van der Waals surface area contributed by atoms with Gasteiger partial charge in [0.1, 0.15) is 5.82 Å². The molecule has 1 heterocycles. The first kappa shape index (κ1) is 21.2. The van der Waals surface area contributed by atoms with Crippen molar-refractivity contribution in [1.29, 1.82) is 0 Å². The molecule has 30 heavy (non-hydrogen) atoms. The zero-order valence-electron chi connectivity index (χ0n) is 17.2. The van der Waals surface area contributed by atoms with Crippen molar-refractivity contribution in [1.82, 2.24) is 19.9 Å². The normalized spacial score (nSPS) is 10.8. The van der Waals surface area contributed by atoms with Crippen LogP contribution in [0.3, 0.4) is 0 Å². The number of anilines is 3. The Bertz CT molecular complexity index is 980. The Hall–Kier alpha value is -3.52. The van der Waals surface area contributed by atoms with Crippen molar-refractivity contribution in [2.45, 2.75) is 26.4 Å². The number of nitrogens with two attached hydrogens (primary N) is 1. The zero-order chi connectivity index (χ0) is 21.3. The van der Waals surface area contributed by atoms with E-state index in [9.17, 15) is 4.79 Å². The summed E-state index contributed by atoms with van der Waals surface area (Å²) in [6.07, 6.45) is 0.876. The highest BCUT2D eigenvalue weighted by Crippen LogP contribution is 2.19. The molecule has 0 unspecified atom stereocenters. The van der Waals surface area contributed by atoms with Crippen LogP contribution in [0, 0.1) is 0 Å². The minimum Gasteiger partial charge on any atom is -0.468 e. The lowest BCUT2D eigenvalue weighted by atomic mass is 10.1. The first-order chi connectivity index (χ1) is 14.6. The molecule has 0 spiro atoms. The minimum atomic E-state index is -0.330. The van der Waals surface area contributed by atoms with E-state index in [1.165, 1.54) is 7.11 Å². The third-order valence-corrected chi connectivity index (χ3v) is 4.54. The molecule has 0 saturated heterocycles. The average Bonchev–Trinajstić information content (AvgIpc) is 2.74. The molecular formula is C22H26N6O2. The van der Waals surface area contributed by atoms with Gasteiger partial charge in [-0.05, 0) is 23.6 Å². The van der Waals surface area contributed by atoms with E-state index < -0.39 is 0 Å². The fourth-order valence-electron chi connectivity index (χ4n) is 3.09. The van der Waals surface area contributed by atoms with Gasteiger partial charge in [-0.2, -0.15) is 15.0 Å². The summed E-state index contributed by atoms with van der Waals surface area (Å²) in [4.78, 5) is 26.8. The SMILES string of the molecule is CCc1ccccc1Nc1nc(N)nc(CN(CC(=O)OC)Cc2ccccc2)n1. The van der Waals surface area contributed by atoms with Crippen LogP contribution in [0.5, 0.6) is 0 Å². The summed E-state index contributed by atoms with van der Waals surface area (Å²) in [5, 5.41) is 3.23. The third kappa shape index (κ3) is 5.99. The van der Waals surface area contributed by atoms with E-state index in [1.807, 2.05) is 59.5 Å². The molecule has 0 aliphatic heterocycles. The molecule has 0 aliphatic carbocycles. The largest absolute Gasteiger partial charge is 0.468 e. The van der Waals surface area contributed by atoms with Crippen LogP contribution in [0.4, 0.5) is 17.6 Å². The molecule has 0 fully saturated rings. The molecule has 0 amide bonds. The molecule has 3 aromatic rings. The summed E-state index contributed by atoms with van der Waals surface area (Å²) >= 11 is 0. The highest BCUT2D eigenvalue weighted by atomic mass is 16.5. The standard InChI is InChI=1S/C22H26N6O2/c1-3-17-11-7-8-12-18(17)24-22-26-19(25-21(23)27-22)14-28(15-20(29)30-2)13-16-9-5-4-6-10-16/h4-12H,3,13-15H2,1-2H3,(H3,23,24,25,26,27). The number of methoxy groups -OCH3 is 1. The van der Waals surface area contributed by atoms with Crippen molar-refractivity contribution >= 4 is 23.6 Å². The van der Waals surface area contributed by atoms with E-state index >= 15 is 0 Å². The number of ether oxygens (including phenoxy) is 1. The van der Waals surface area contributed by atoms with Crippen LogP contribution in [0.25, 0.3) is 0 Å². The number of benzene rings is 2. The maximum atomic E-state index is 11.9. The molecule has 0 aliphatic rings. The van der Waals surface area contributed by atoms with Gasteiger partial charge in [-0.25, -0.2) is 0 Å². The second-order valence-electron chi connectivity index (χ2n) is 6.78. The molecule has 0 radical (unpaired) electrons. The van der Waals surface area contributed by atoms with Crippen LogP contribution in [-0.4, -0.2) is 39.5 Å². The Morgan fingerprint density at radius 2 is 1.77 bits per heavy atom. The lowest BCUT2D eigenvalue weighted by Gasteiger charge is -2.20. The Morgan fingerprint density at radius 1 is 1.03 bits per heavy atom. The van der Waals surface area contributed by atoms with Crippen molar-refractivity contribution < 1.29 is 9.53 Å². The quantitative estimate of drug-likeness (QED) is 0.523. The lowest BCUT2D eigenvalue weighted by molar-refractivity contribution is -0.142. The second-order valence-corrected chi connectivity index (χ2v) is 6.78. The minimum absolute atomic E-state index is 0.110. The van der Waals surface area contributed by atoms with Crippen molar-refractivity contribution in [2.24, 2.45) is 0 Å². The van der Waals surface area contributed by atoms with Crippen LogP contribution in [0.1, 0.15) is 23.9 Å². The average molecular weight is 406 g/mol. The number of nitrogens with zero attached hydrogens (tertiary/aromatic N) is 4. The van der Waals surface area contributed by atoms with Crippen molar-refractivity contribution in [2.75, 3.05) is 24.7 Å². The molecule has 0 bridgehead atoms. The van der Waals surface area contributed by atoms with Gasteiger partial charge in [0.05, 0.1) is 20.2 Å². The molecule has 0 atom stereocenters. The maximum absolute atomic E-state index is 11.9. The number of nitrogen functional groups attached to an aromatic ring is 1. The summed E-state index contributed by atoms with van der Waals surface area (Å²) in [6.45, 7) is 3.06. The van der Waals surface area contributed by atoms with E-state index in [0.717, 1.165) is 23.2 Å². The number of hydrogen-bond acceptors (Lipinski definition) is 8. The van der Waals surface area contributed by atoms with Gasteiger partial charge >= 0.3 is 5.97 Å². The number of aromatic nitrogens is 3. The fourth-order valence-corrected chi connectivity index (χ4v) is 3.09. The summed E-state index contributed by atoms with van der Waals surface area (Å²) in [6, 6.07) is 17.8. The third-order valence-electron chi connectivity index (χ3n) is 4.54. The predicted molar refractivity (Wildman–Crippen MR) is 116 cm³/mol. The molecule has 2 aromatic carbocycles. The molecule has 8 nitrogen and oxygen atoms in total. The van der Waals surface area contributed by atoms with Crippen LogP contribution in [0.2, 0.25) is 0 Å². The highest BCUT2D eigenvalue weighted by Gasteiger charge is 2.15. The van der Waals surface area contributed by atoms with Gasteiger partial charge in [-0.3, -0.25) is 9.69 Å². The number of para-hydroxylation sites is 1. The summed E-state index contributed by atoms with van der Waals surface area (Å²) in [5.74, 6) is 0.632. The van der Waals surface area contributed by atoms with Gasteiger partial charge in [0.15, 0.2) is 0 Å². The molecule has 1 aromatic heterocycles. The Labute approximate surface area is 176 Å². The summed E-state index contributed by atoms with van der Waals surface area (Å²) in [5.41, 5.74) is 9.07. The predicted octanol–water partition coefficient (Wildman–Crippen LogP) is 2.94. The highest BCUT2D eigenvalue weighted by molar-refractivity contribution is 5.71. The van der Waals surface area contributed by atoms with Gasteiger partial charge in [0.2, 0.25) is 11.9 Å². The lowest BCUT2D eigenvalue weighted by Crippen LogP contribution is -2.30. The van der Waals surface area contributed by atoms with E-state index in [1.54, 1.807) is 0 Å². The number of carbonyl (C=O) groups excluding carboxylic acids is 1. The van der Waals surface area contributed by atoms with Crippen LogP contribution in [0.15, 0.2) is 54.6 Å². The number of aryl methyl sites for hydroxylation is 1. The Morgan fingerprint density at radius 3 is 2.50 bits per heavy atom. The summed E-state index contributed by atoms with van der Waals surface area (Å²) in [7, 11) is 1.37. The molecule has 156 valence electrons. The van der Waals surface area contributed by atoms with Crippen molar-refractivity contribution in [3.05, 3.63) is 71.5 Å². The molecule has 8 heteroatoms. The second kappa shape index (κ2) is 10.3. The van der Waals surface area contributed by atoms with Crippen LogP contribution in [-0.2, 0) is 29.0 Å². The molecule has 0 saturated carbocycles. The molecule has 3 rings (SSSR count). The van der Waals surface area contributed by atoms with Gasteiger partial charge in [-0.15, -0.1) is 0 Å². The van der Waals surface area contributed by atoms with Crippen LogP contribution < -0.4 is 11.1 Å². The maximum Gasteiger partial charge on any atom is 0.319 e. The smallest absolute Gasteiger partial charge is 0.319 e. The Kier molecular flexibility index (Phi) is 7.29. The number of carbonyl (C=O) groups is 1. The molecule has 3 N–H and O–H groups in total. The van der Waals surface area contributed by atoms with E-state index in [0.29, 0.717) is 24.9 Å². The van der Waals surface area contributed by atoms with Crippen molar-refractivity contribution in [3.8, 4) is 0 Å². The number of nitrogens with one attached hydrogen (secondary N) is 1. The first-order valence-electron chi connectivity index (χ1n) is 9.75. The topological polar surface area (TPSA) is 106 Å². The summed E-state index contributed by atoms with van der Waals surface area (Å²) < 4.78 is 4.84. The van der Waals surface area contributed by atoms with E-state index in [2.05, 4.69) is 27.2 Å². The number of hydrogen-bond donors (Lipinski definition) is 2. The van der Waals surface area contributed by atoms with E-state index in [4.69, 9.17) is 10.5 Å². The monoisotopic (exact) mass is 406 g/mol. The van der Waals surface area contributed by atoms with Gasteiger partial charge < -0.3 is 15.8 Å². The van der Waals surface area contributed by atoms with Crippen LogP contribution >= 0.6 is 0 Å². The molecular weight excluding hydrogens is 380 g/mol. The van der Waals surface area contributed by atoms with Gasteiger partial charge in [-0.1, -0.05) is 55.5 Å². The van der Waals surface area contributed by atoms with Crippen molar-refractivity contribution in [3.63, 3.8) is 0 Å². The van der Waals surface area contributed by atoms with Gasteiger partial charge in [0.25, 0.3) is 0 Å². The van der Waals surface area contributed by atoms with Gasteiger partial charge in [0, 0.05) is 12.2 Å². The first-order valence-corrected chi connectivity index (χ1v) is 9.75. The fraction of sp³-hybridized carbons (Fsp3) is 0.273. The zero-order valence-corrected chi connectivity index (χ0v) is 17.2. The number of rotatable bonds is 9.